The summed E-state index contributed by atoms with van der Waals surface area (Å²) in [6.45, 7) is 1.94. The molecule has 1 fully saturated rings. The van der Waals surface area contributed by atoms with Crippen molar-refractivity contribution in [1.82, 2.24) is 9.88 Å². The molecule has 2 heterocycles. The molecule has 0 bridgehead atoms. The number of halogens is 2. The molecular weight excluding hydrogens is 451 g/mol. The van der Waals surface area contributed by atoms with Crippen LogP contribution in [0.3, 0.4) is 0 Å². The van der Waals surface area contributed by atoms with Gasteiger partial charge in [0.15, 0.2) is 0 Å². The zero-order chi connectivity index (χ0) is 23.9. The number of hydrogen-bond acceptors (Lipinski definition) is 4. The predicted molar refractivity (Wildman–Crippen MR) is 122 cm³/mol. The van der Waals surface area contributed by atoms with Gasteiger partial charge in [-0.2, -0.15) is 0 Å². The van der Waals surface area contributed by atoms with Gasteiger partial charge < -0.3 is 24.5 Å². The zero-order valence-corrected chi connectivity index (χ0v) is 19.2. The van der Waals surface area contributed by atoms with Gasteiger partial charge in [-0.25, -0.2) is 4.39 Å². The van der Waals surface area contributed by atoms with E-state index in [9.17, 15) is 14.7 Å². The molecule has 2 unspecified atom stereocenters. The van der Waals surface area contributed by atoms with E-state index < -0.39 is 29.2 Å². The van der Waals surface area contributed by atoms with E-state index in [0.717, 1.165) is 5.52 Å². The smallest absolute Gasteiger partial charge is 0.310 e. The number of nitrogens with one attached hydrogen (secondary N) is 1. The molecular formula is C24H24ClFN2O5. The first-order chi connectivity index (χ1) is 15.7. The van der Waals surface area contributed by atoms with Gasteiger partial charge in [0.05, 0.1) is 35.7 Å². The molecule has 1 amide bonds. The van der Waals surface area contributed by atoms with E-state index in [1.54, 1.807) is 29.8 Å². The second-order valence-electron chi connectivity index (χ2n) is 8.24. The Morgan fingerprint density at radius 3 is 2.67 bits per heavy atom. The summed E-state index contributed by atoms with van der Waals surface area (Å²) in [5, 5.41) is 13.3. The van der Waals surface area contributed by atoms with Gasteiger partial charge in [-0.05, 0) is 36.8 Å². The van der Waals surface area contributed by atoms with Gasteiger partial charge in [0, 0.05) is 31.0 Å². The number of carbonyl (C=O) groups excluding carboxylic acids is 1. The minimum atomic E-state index is -1.08. The molecule has 33 heavy (non-hydrogen) atoms. The number of rotatable bonds is 6. The van der Waals surface area contributed by atoms with Crippen LogP contribution in [0.4, 0.5) is 4.39 Å². The van der Waals surface area contributed by atoms with Crippen LogP contribution in [0.25, 0.3) is 10.9 Å². The van der Waals surface area contributed by atoms with Crippen LogP contribution in [0.1, 0.15) is 40.9 Å². The van der Waals surface area contributed by atoms with E-state index >= 15 is 4.39 Å². The zero-order valence-electron chi connectivity index (χ0n) is 18.4. The topological polar surface area (TPSA) is 89.8 Å². The largest absolute Gasteiger partial charge is 0.495 e. The number of nitrogens with zero attached hydrogens (tertiary/aromatic N) is 1. The molecule has 1 aliphatic rings. The Morgan fingerprint density at radius 1 is 1.30 bits per heavy atom. The van der Waals surface area contributed by atoms with Gasteiger partial charge in [0.25, 0.3) is 5.91 Å². The van der Waals surface area contributed by atoms with Crippen LogP contribution >= 0.6 is 11.6 Å². The van der Waals surface area contributed by atoms with E-state index in [1.165, 1.54) is 26.2 Å². The third-order valence-corrected chi connectivity index (χ3v) is 6.72. The predicted octanol–water partition coefficient (Wildman–Crippen LogP) is 4.21. The van der Waals surface area contributed by atoms with Crippen molar-refractivity contribution in [3.05, 3.63) is 64.1 Å². The maximum Gasteiger partial charge on any atom is 0.310 e. The van der Waals surface area contributed by atoms with Crippen LogP contribution in [0.5, 0.6) is 5.75 Å². The minimum Gasteiger partial charge on any atom is -0.495 e. The highest BCUT2D eigenvalue weighted by atomic mass is 35.5. The first kappa shape index (κ1) is 23.1. The number of fused-ring (bicyclic) bond motifs is 1. The normalized spacial score (nSPS) is 18.9. The standard InChI is InChI=1S/C24H24ClFN2O5/c1-13(23(30)31)14-4-5-16(17(26)10-14)24(8-9-33-12-24)27-22(29)19-11-15-18(28(19)2)6-7-20(32-3)21(15)25/h4-7,10-11,13H,8-9,12H2,1-3H3,(H,27,29)(H,30,31). The summed E-state index contributed by atoms with van der Waals surface area (Å²) >= 11 is 6.43. The minimum absolute atomic E-state index is 0.0992. The average molecular weight is 475 g/mol. The molecule has 1 aliphatic heterocycles. The summed E-state index contributed by atoms with van der Waals surface area (Å²) in [5.41, 5.74) is 0.628. The van der Waals surface area contributed by atoms with Crippen molar-refractivity contribution in [2.24, 2.45) is 7.05 Å². The second kappa shape index (κ2) is 8.68. The number of aryl methyl sites for hydroxylation is 1. The molecule has 0 aliphatic carbocycles. The number of carboxylic acids is 1. The van der Waals surface area contributed by atoms with Crippen LogP contribution in [-0.4, -0.2) is 41.9 Å². The lowest BCUT2D eigenvalue weighted by Gasteiger charge is -2.30. The fourth-order valence-electron chi connectivity index (χ4n) is 4.29. The third kappa shape index (κ3) is 3.94. The summed E-state index contributed by atoms with van der Waals surface area (Å²) in [4.78, 5) is 24.6. The maximum atomic E-state index is 15.2. The summed E-state index contributed by atoms with van der Waals surface area (Å²) in [5.74, 6) is -2.38. The number of carbonyl (C=O) groups is 2. The molecule has 2 aromatic carbocycles. The van der Waals surface area contributed by atoms with E-state index in [0.29, 0.717) is 40.4 Å². The molecule has 2 N–H and O–H groups in total. The highest BCUT2D eigenvalue weighted by molar-refractivity contribution is 6.37. The highest BCUT2D eigenvalue weighted by Gasteiger charge is 2.41. The Morgan fingerprint density at radius 2 is 2.06 bits per heavy atom. The molecule has 0 radical (unpaired) electrons. The van der Waals surface area contributed by atoms with Crippen molar-refractivity contribution in [3.8, 4) is 5.75 Å². The SMILES string of the molecule is COc1ccc2c(cc(C(=O)NC3(c4ccc(C(C)C(=O)O)cc4F)CCOC3)n2C)c1Cl. The quantitative estimate of drug-likeness (QED) is 0.558. The lowest BCUT2D eigenvalue weighted by atomic mass is 9.86. The molecule has 2 atom stereocenters. The number of methoxy groups -OCH3 is 1. The number of ether oxygens (including phenoxy) is 2. The van der Waals surface area contributed by atoms with Gasteiger partial charge in [-0.1, -0.05) is 23.7 Å². The number of aliphatic carboxylic acids is 1. The van der Waals surface area contributed by atoms with Crippen LogP contribution in [0.15, 0.2) is 36.4 Å². The fourth-order valence-corrected chi connectivity index (χ4v) is 4.58. The Bertz CT molecular complexity index is 1250. The van der Waals surface area contributed by atoms with Crippen molar-refractivity contribution in [3.63, 3.8) is 0 Å². The van der Waals surface area contributed by atoms with Crippen molar-refractivity contribution in [2.75, 3.05) is 20.3 Å². The van der Waals surface area contributed by atoms with Crippen molar-refractivity contribution < 1.29 is 28.6 Å². The van der Waals surface area contributed by atoms with Gasteiger partial charge in [-0.3, -0.25) is 9.59 Å². The average Bonchev–Trinajstić information content (AvgIpc) is 3.39. The summed E-state index contributed by atoms with van der Waals surface area (Å²) in [6, 6.07) is 9.53. The molecule has 4 rings (SSSR count). The van der Waals surface area contributed by atoms with Crippen molar-refractivity contribution in [2.45, 2.75) is 24.8 Å². The Labute approximate surface area is 195 Å². The number of benzene rings is 2. The van der Waals surface area contributed by atoms with Gasteiger partial charge in [0.1, 0.15) is 17.3 Å². The van der Waals surface area contributed by atoms with E-state index in [1.807, 2.05) is 6.07 Å². The molecule has 174 valence electrons. The van der Waals surface area contributed by atoms with Crippen LogP contribution in [0, 0.1) is 5.82 Å². The molecule has 1 aromatic heterocycles. The maximum absolute atomic E-state index is 15.2. The molecule has 0 spiro atoms. The monoisotopic (exact) mass is 474 g/mol. The van der Waals surface area contributed by atoms with Crippen LogP contribution in [-0.2, 0) is 22.1 Å². The van der Waals surface area contributed by atoms with Crippen LogP contribution in [0.2, 0.25) is 5.02 Å². The number of amides is 1. The third-order valence-electron chi connectivity index (χ3n) is 6.33. The number of aromatic nitrogens is 1. The molecule has 1 saturated heterocycles. The van der Waals surface area contributed by atoms with E-state index in [2.05, 4.69) is 5.32 Å². The fraction of sp³-hybridized carbons (Fsp3) is 0.333. The first-order valence-corrected chi connectivity index (χ1v) is 10.8. The molecule has 7 nitrogen and oxygen atoms in total. The highest BCUT2D eigenvalue weighted by Crippen LogP contribution is 2.36. The van der Waals surface area contributed by atoms with Crippen molar-refractivity contribution in [1.29, 1.82) is 0 Å². The Hall–Kier alpha value is -3.10. The number of carboxylic acid groups (broad SMARTS) is 1. The second-order valence-corrected chi connectivity index (χ2v) is 8.62. The Balaban J connectivity index is 1.71. The number of hydrogen-bond donors (Lipinski definition) is 2. The lowest BCUT2D eigenvalue weighted by Crippen LogP contribution is -2.47. The van der Waals surface area contributed by atoms with E-state index in [4.69, 9.17) is 21.1 Å². The first-order valence-electron chi connectivity index (χ1n) is 10.4. The summed E-state index contributed by atoms with van der Waals surface area (Å²) in [6.07, 6.45) is 0.377. The molecule has 3 aromatic rings. The van der Waals surface area contributed by atoms with E-state index in [-0.39, 0.29) is 12.2 Å². The molecule has 9 heteroatoms. The Kier molecular flexibility index (Phi) is 6.07. The van der Waals surface area contributed by atoms with Gasteiger partial charge >= 0.3 is 5.97 Å². The van der Waals surface area contributed by atoms with Crippen molar-refractivity contribution >= 4 is 34.4 Å². The molecule has 0 saturated carbocycles. The lowest BCUT2D eigenvalue weighted by molar-refractivity contribution is -0.138. The van der Waals surface area contributed by atoms with Gasteiger partial charge in [-0.15, -0.1) is 0 Å². The van der Waals surface area contributed by atoms with Gasteiger partial charge in [0.2, 0.25) is 0 Å². The van der Waals surface area contributed by atoms with Crippen LogP contribution < -0.4 is 10.1 Å². The summed E-state index contributed by atoms with van der Waals surface area (Å²) < 4.78 is 27.7. The summed E-state index contributed by atoms with van der Waals surface area (Å²) in [7, 11) is 3.27.